The van der Waals surface area contributed by atoms with E-state index in [9.17, 15) is 24.3 Å². The van der Waals surface area contributed by atoms with Crippen molar-refractivity contribution in [1.29, 1.82) is 0 Å². The average molecular weight is 653 g/mol. The molecule has 0 bridgehead atoms. The maximum Gasteiger partial charge on any atom is 0.343 e. The smallest absolute Gasteiger partial charge is 0.343 e. The number of aliphatic hydroxyl groups is 1. The van der Waals surface area contributed by atoms with Crippen LogP contribution in [0.5, 0.6) is 5.75 Å². The third-order valence-electron chi connectivity index (χ3n) is 9.76. The van der Waals surface area contributed by atoms with Crippen molar-refractivity contribution in [3.05, 3.63) is 86.7 Å². The first-order valence-electron chi connectivity index (χ1n) is 16.3. The number of hydrogen-bond donors (Lipinski definition) is 3. The molecule has 0 aliphatic carbocycles. The zero-order chi connectivity index (χ0) is 34.5. The fourth-order valence-corrected chi connectivity index (χ4v) is 7.06. The fourth-order valence-electron chi connectivity index (χ4n) is 7.06. The van der Waals surface area contributed by atoms with E-state index in [1.165, 1.54) is 0 Å². The highest BCUT2D eigenvalue weighted by Crippen LogP contribution is 2.41. The first-order chi connectivity index (χ1) is 22.9. The molecule has 1 unspecified atom stereocenters. The molecule has 2 aliphatic heterocycles. The number of ether oxygens (including phenoxy) is 2. The topological polar surface area (TPSA) is 163 Å². The van der Waals surface area contributed by atoms with E-state index in [1.54, 1.807) is 36.6 Å². The molecule has 0 spiro atoms. The SMILES string of the molecule is CCc1c2c(nc3ccc(OCc4ccc(NC(=O)[C@@H](C)C(C(N)=O)C(C)C)cc4)cc13)-c1cc3c(c(=O)n1C2)COC(=O)[C@]3(O)CC. The van der Waals surface area contributed by atoms with Crippen molar-refractivity contribution >= 4 is 34.4 Å². The summed E-state index contributed by atoms with van der Waals surface area (Å²) >= 11 is 0. The summed E-state index contributed by atoms with van der Waals surface area (Å²) in [5.41, 5.74) is 9.42. The van der Waals surface area contributed by atoms with Gasteiger partial charge in [-0.3, -0.25) is 14.4 Å². The van der Waals surface area contributed by atoms with Crippen LogP contribution in [0.3, 0.4) is 0 Å². The van der Waals surface area contributed by atoms with Crippen molar-refractivity contribution in [1.82, 2.24) is 9.55 Å². The zero-order valence-electron chi connectivity index (χ0n) is 27.8. The molecule has 4 aromatic rings. The number of cyclic esters (lactones) is 1. The maximum absolute atomic E-state index is 13.6. The molecule has 2 amide bonds. The molecular weight excluding hydrogens is 612 g/mol. The maximum atomic E-state index is 13.6. The third-order valence-corrected chi connectivity index (χ3v) is 9.76. The van der Waals surface area contributed by atoms with Crippen molar-refractivity contribution in [3.63, 3.8) is 0 Å². The number of aryl methyl sites for hydroxylation is 1. The van der Waals surface area contributed by atoms with E-state index in [-0.39, 0.29) is 30.4 Å². The Hall–Kier alpha value is -5.03. The van der Waals surface area contributed by atoms with Crippen LogP contribution in [0, 0.1) is 17.8 Å². The van der Waals surface area contributed by atoms with Crippen LogP contribution >= 0.6 is 0 Å². The van der Waals surface area contributed by atoms with E-state index in [1.807, 2.05) is 44.2 Å². The molecule has 2 aromatic heterocycles. The number of fused-ring (bicyclic) bond motifs is 5. The lowest BCUT2D eigenvalue weighted by Crippen LogP contribution is -2.44. The van der Waals surface area contributed by atoms with Gasteiger partial charge in [0.25, 0.3) is 5.56 Å². The van der Waals surface area contributed by atoms with Gasteiger partial charge in [-0.2, -0.15) is 0 Å². The van der Waals surface area contributed by atoms with Crippen LogP contribution in [-0.4, -0.2) is 32.4 Å². The van der Waals surface area contributed by atoms with E-state index in [0.29, 0.717) is 53.5 Å². The number of aromatic nitrogens is 2. The monoisotopic (exact) mass is 652 g/mol. The Kier molecular flexibility index (Phi) is 8.59. The van der Waals surface area contributed by atoms with Crippen LogP contribution in [0.2, 0.25) is 0 Å². The van der Waals surface area contributed by atoms with Crippen LogP contribution in [0.25, 0.3) is 22.3 Å². The molecule has 0 radical (unpaired) electrons. The minimum atomic E-state index is -1.88. The van der Waals surface area contributed by atoms with Gasteiger partial charge in [-0.15, -0.1) is 0 Å². The van der Waals surface area contributed by atoms with Gasteiger partial charge in [-0.1, -0.05) is 46.8 Å². The first kappa shape index (κ1) is 32.9. The molecule has 2 aliphatic rings. The second kappa shape index (κ2) is 12.5. The molecule has 0 saturated heterocycles. The van der Waals surface area contributed by atoms with Crippen molar-refractivity contribution in [2.75, 3.05) is 5.32 Å². The van der Waals surface area contributed by atoms with E-state index in [2.05, 4.69) is 12.2 Å². The van der Waals surface area contributed by atoms with Crippen LogP contribution in [0.15, 0.2) is 53.3 Å². The van der Waals surface area contributed by atoms with Gasteiger partial charge in [0.1, 0.15) is 19.0 Å². The second-order valence-electron chi connectivity index (χ2n) is 13.0. The van der Waals surface area contributed by atoms with Crippen molar-refractivity contribution in [2.24, 2.45) is 23.5 Å². The average Bonchev–Trinajstić information content (AvgIpc) is 3.43. The molecule has 0 saturated carbocycles. The van der Waals surface area contributed by atoms with Gasteiger partial charge < -0.3 is 30.2 Å². The van der Waals surface area contributed by atoms with Gasteiger partial charge >= 0.3 is 5.97 Å². The summed E-state index contributed by atoms with van der Waals surface area (Å²) in [5.74, 6) is -2.02. The molecule has 4 heterocycles. The Morgan fingerprint density at radius 1 is 1.08 bits per heavy atom. The van der Waals surface area contributed by atoms with E-state index >= 15 is 0 Å². The summed E-state index contributed by atoms with van der Waals surface area (Å²) in [6, 6.07) is 14.7. The summed E-state index contributed by atoms with van der Waals surface area (Å²) in [5, 5.41) is 15.0. The first-order valence-corrected chi connectivity index (χ1v) is 16.3. The minimum absolute atomic E-state index is 0.0545. The fraction of sp³-hybridized carbons (Fsp3) is 0.378. The van der Waals surface area contributed by atoms with Crippen LogP contribution in [0.4, 0.5) is 5.69 Å². The summed E-state index contributed by atoms with van der Waals surface area (Å²) in [7, 11) is 0. The number of benzene rings is 2. The number of nitrogens with two attached hydrogens (primary N) is 1. The molecular formula is C37H40N4O7. The summed E-state index contributed by atoms with van der Waals surface area (Å²) < 4.78 is 13.0. The number of primary amides is 1. The van der Waals surface area contributed by atoms with Crippen LogP contribution < -0.4 is 21.3 Å². The Balaban J connectivity index is 1.22. The molecule has 6 rings (SSSR count). The number of amides is 2. The molecule has 11 nitrogen and oxygen atoms in total. The molecule has 48 heavy (non-hydrogen) atoms. The second-order valence-corrected chi connectivity index (χ2v) is 13.0. The lowest BCUT2D eigenvalue weighted by atomic mass is 9.83. The minimum Gasteiger partial charge on any atom is -0.489 e. The third kappa shape index (κ3) is 5.51. The van der Waals surface area contributed by atoms with Crippen molar-refractivity contribution in [3.8, 4) is 17.1 Å². The summed E-state index contributed by atoms with van der Waals surface area (Å²) in [4.78, 5) is 55.7. The number of carbonyl (C=O) groups excluding carboxylic acids is 3. The molecule has 250 valence electrons. The normalized spacial score (nSPS) is 17.7. The number of rotatable bonds is 10. The Bertz CT molecular complexity index is 2020. The van der Waals surface area contributed by atoms with Gasteiger partial charge in [0, 0.05) is 28.1 Å². The number of anilines is 1. The van der Waals surface area contributed by atoms with Crippen molar-refractivity contribution < 1.29 is 29.0 Å². The predicted octanol–water partition coefficient (Wildman–Crippen LogP) is 4.55. The standard InChI is InChI=1S/C37H40N4O7/c1-6-24-25-14-23(47-17-21-8-10-22(11-9-21)39-34(43)20(5)31(19(3)4)33(38)42)12-13-29(25)40-32-26(24)16-41-30(32)15-28-27(35(41)44)18-48-36(45)37(28,46)7-2/h8-15,19-20,31,46H,6-7,16-18H2,1-5H3,(H2,38,42)(H,39,43)/t20-,31?,37-/m0/s1. The van der Waals surface area contributed by atoms with Crippen LogP contribution in [0.1, 0.15) is 68.9 Å². The van der Waals surface area contributed by atoms with Gasteiger partial charge in [0.2, 0.25) is 11.8 Å². The van der Waals surface area contributed by atoms with Gasteiger partial charge in [0.15, 0.2) is 5.60 Å². The lowest BCUT2D eigenvalue weighted by Gasteiger charge is -2.31. The Labute approximate surface area is 278 Å². The van der Waals surface area contributed by atoms with Gasteiger partial charge in [-0.05, 0) is 66.3 Å². The highest BCUT2D eigenvalue weighted by molar-refractivity contribution is 5.95. The van der Waals surface area contributed by atoms with Gasteiger partial charge in [-0.25, -0.2) is 9.78 Å². The Morgan fingerprint density at radius 2 is 1.81 bits per heavy atom. The Morgan fingerprint density at radius 3 is 2.46 bits per heavy atom. The highest BCUT2D eigenvalue weighted by atomic mass is 16.6. The van der Waals surface area contributed by atoms with Gasteiger partial charge in [0.05, 0.1) is 34.9 Å². The number of esters is 1. The number of nitrogens with one attached hydrogen (secondary N) is 1. The summed E-state index contributed by atoms with van der Waals surface area (Å²) in [6.07, 6.45) is 0.775. The molecule has 0 fully saturated rings. The predicted molar refractivity (Wildman–Crippen MR) is 180 cm³/mol. The highest BCUT2D eigenvalue weighted by Gasteiger charge is 2.45. The van der Waals surface area contributed by atoms with Crippen LogP contribution in [-0.2, 0) is 50.9 Å². The molecule has 3 atom stereocenters. The number of carbonyl (C=O) groups is 3. The zero-order valence-corrected chi connectivity index (χ0v) is 27.8. The molecule has 4 N–H and O–H groups in total. The largest absolute Gasteiger partial charge is 0.489 e. The van der Waals surface area contributed by atoms with E-state index in [4.69, 9.17) is 20.2 Å². The number of pyridine rings is 2. The molecule has 2 aromatic carbocycles. The quantitative estimate of drug-likeness (QED) is 0.185. The van der Waals surface area contributed by atoms with Crippen molar-refractivity contribution in [2.45, 2.75) is 72.8 Å². The number of nitrogens with zero attached hydrogens (tertiary/aromatic N) is 2. The number of hydrogen-bond acceptors (Lipinski definition) is 8. The molecule has 11 heteroatoms. The lowest BCUT2D eigenvalue weighted by molar-refractivity contribution is -0.172. The summed E-state index contributed by atoms with van der Waals surface area (Å²) in [6.45, 7) is 9.64. The van der Waals surface area contributed by atoms with E-state index < -0.39 is 29.3 Å². The van der Waals surface area contributed by atoms with E-state index in [0.717, 1.165) is 27.6 Å².